The van der Waals surface area contributed by atoms with Crippen molar-refractivity contribution >= 4 is 12.0 Å². The molecule has 0 saturated carbocycles. The predicted molar refractivity (Wildman–Crippen MR) is 79.0 cm³/mol. The molecule has 3 heteroatoms. The molecular weight excluding hydrogens is 250 g/mol. The third-order valence-electron chi connectivity index (χ3n) is 2.82. The summed E-state index contributed by atoms with van der Waals surface area (Å²) >= 11 is 0. The molecule has 0 aliphatic rings. The van der Waals surface area contributed by atoms with E-state index in [-0.39, 0.29) is 5.97 Å². The summed E-state index contributed by atoms with van der Waals surface area (Å²) in [7, 11) is 0. The molecule has 1 aromatic heterocycles. The van der Waals surface area contributed by atoms with Crippen LogP contribution in [0.25, 0.3) is 6.08 Å². The van der Waals surface area contributed by atoms with E-state index in [1.165, 1.54) is 0 Å². The van der Waals surface area contributed by atoms with Crippen molar-refractivity contribution in [3.8, 4) is 0 Å². The van der Waals surface area contributed by atoms with Crippen LogP contribution < -0.4 is 0 Å². The molecule has 0 saturated heterocycles. The lowest BCUT2D eigenvalue weighted by molar-refractivity contribution is -0.138. The van der Waals surface area contributed by atoms with E-state index in [4.69, 9.17) is 4.74 Å². The number of hydrogen-bond donors (Lipinski definition) is 0. The Morgan fingerprint density at radius 3 is 2.50 bits per heavy atom. The molecule has 0 radical (unpaired) electrons. The summed E-state index contributed by atoms with van der Waals surface area (Å²) in [4.78, 5) is 16.0. The van der Waals surface area contributed by atoms with E-state index < -0.39 is 0 Å². The molecule has 0 bridgehead atoms. The van der Waals surface area contributed by atoms with E-state index in [1.807, 2.05) is 55.5 Å². The number of aromatic nitrogens is 1. The Morgan fingerprint density at radius 2 is 1.85 bits per heavy atom. The Labute approximate surface area is 118 Å². The second-order valence-electron chi connectivity index (χ2n) is 4.33. The minimum Gasteiger partial charge on any atom is -0.463 e. The van der Waals surface area contributed by atoms with Gasteiger partial charge in [0, 0.05) is 24.4 Å². The number of esters is 1. The van der Waals surface area contributed by atoms with Gasteiger partial charge in [-0.05, 0) is 36.3 Å². The van der Waals surface area contributed by atoms with Gasteiger partial charge in [0.25, 0.3) is 0 Å². The average Bonchev–Trinajstić information content (AvgIpc) is 2.49. The van der Waals surface area contributed by atoms with E-state index >= 15 is 0 Å². The molecule has 0 aliphatic heterocycles. The molecule has 0 unspecified atom stereocenters. The van der Waals surface area contributed by atoms with Crippen molar-refractivity contribution < 1.29 is 9.53 Å². The first-order chi connectivity index (χ1) is 9.79. The van der Waals surface area contributed by atoms with Gasteiger partial charge in [-0.2, -0.15) is 0 Å². The number of pyridine rings is 1. The fraction of sp³-hybridized carbons (Fsp3) is 0.176. The summed E-state index contributed by atoms with van der Waals surface area (Å²) in [5, 5.41) is 0. The van der Waals surface area contributed by atoms with E-state index in [9.17, 15) is 4.79 Å². The van der Waals surface area contributed by atoms with Gasteiger partial charge < -0.3 is 4.74 Å². The minimum atomic E-state index is -0.270. The van der Waals surface area contributed by atoms with Crippen LogP contribution in [-0.2, 0) is 16.0 Å². The van der Waals surface area contributed by atoms with Crippen LogP contribution in [0.15, 0.2) is 60.4 Å². The summed E-state index contributed by atoms with van der Waals surface area (Å²) in [5.41, 5.74) is 2.67. The summed E-state index contributed by atoms with van der Waals surface area (Å²) in [5.74, 6) is -0.270. The summed E-state index contributed by atoms with van der Waals surface area (Å²) in [6, 6.07) is 13.6. The highest BCUT2D eigenvalue weighted by atomic mass is 16.5. The Balaban J connectivity index is 2.25. The normalized spacial score (nSPS) is 11.2. The maximum Gasteiger partial charge on any atom is 0.334 e. The molecule has 0 amide bonds. The van der Waals surface area contributed by atoms with Gasteiger partial charge in [-0.15, -0.1) is 0 Å². The number of rotatable bonds is 5. The van der Waals surface area contributed by atoms with Gasteiger partial charge in [-0.3, -0.25) is 4.98 Å². The zero-order chi connectivity index (χ0) is 14.2. The Morgan fingerprint density at radius 1 is 1.15 bits per heavy atom. The van der Waals surface area contributed by atoms with E-state index in [0.29, 0.717) is 18.6 Å². The van der Waals surface area contributed by atoms with Gasteiger partial charge in [0.05, 0.1) is 6.61 Å². The Bertz CT molecular complexity index is 576. The summed E-state index contributed by atoms with van der Waals surface area (Å²) in [6.45, 7) is 2.19. The average molecular weight is 267 g/mol. The Hall–Kier alpha value is -2.42. The highest BCUT2D eigenvalue weighted by Gasteiger charge is 2.11. The van der Waals surface area contributed by atoms with Crippen molar-refractivity contribution in [3.63, 3.8) is 0 Å². The van der Waals surface area contributed by atoms with E-state index in [2.05, 4.69) is 4.98 Å². The van der Waals surface area contributed by atoms with Gasteiger partial charge in [-0.1, -0.05) is 30.3 Å². The standard InChI is InChI=1S/C17H17NO2/c1-2-20-17(19)16(12-14-6-4-3-5-7-14)13-15-8-10-18-11-9-15/h3-12H,2,13H2,1H3/b16-12+. The number of ether oxygens (including phenoxy) is 1. The third kappa shape index (κ3) is 4.05. The monoisotopic (exact) mass is 267 g/mol. The molecule has 102 valence electrons. The highest BCUT2D eigenvalue weighted by molar-refractivity contribution is 5.94. The minimum absolute atomic E-state index is 0.270. The molecule has 0 atom stereocenters. The van der Waals surface area contributed by atoms with Crippen LogP contribution in [0.5, 0.6) is 0 Å². The number of nitrogens with zero attached hydrogens (tertiary/aromatic N) is 1. The van der Waals surface area contributed by atoms with Crippen LogP contribution in [0.1, 0.15) is 18.1 Å². The maximum atomic E-state index is 12.0. The van der Waals surface area contributed by atoms with Crippen molar-refractivity contribution in [1.82, 2.24) is 4.98 Å². The molecule has 0 spiro atoms. The lowest BCUT2D eigenvalue weighted by Crippen LogP contribution is -2.10. The second-order valence-corrected chi connectivity index (χ2v) is 4.33. The molecular formula is C17H17NO2. The van der Waals surface area contributed by atoms with E-state index in [1.54, 1.807) is 12.4 Å². The SMILES string of the molecule is CCOC(=O)/C(=C/c1ccccc1)Cc1ccncc1. The zero-order valence-electron chi connectivity index (χ0n) is 11.5. The topological polar surface area (TPSA) is 39.2 Å². The van der Waals surface area contributed by atoms with Crippen molar-refractivity contribution in [2.24, 2.45) is 0 Å². The van der Waals surface area contributed by atoms with Crippen molar-refractivity contribution in [3.05, 3.63) is 71.6 Å². The number of hydrogen-bond acceptors (Lipinski definition) is 3. The summed E-state index contributed by atoms with van der Waals surface area (Å²) < 4.78 is 5.13. The smallest absolute Gasteiger partial charge is 0.334 e. The molecule has 2 aromatic rings. The van der Waals surface area contributed by atoms with Crippen molar-refractivity contribution in [1.29, 1.82) is 0 Å². The first-order valence-corrected chi connectivity index (χ1v) is 6.61. The van der Waals surface area contributed by atoms with Crippen LogP contribution in [0.4, 0.5) is 0 Å². The van der Waals surface area contributed by atoms with Crippen LogP contribution >= 0.6 is 0 Å². The van der Waals surface area contributed by atoms with Gasteiger partial charge in [-0.25, -0.2) is 4.79 Å². The Kier molecular flexibility index (Phi) is 5.07. The van der Waals surface area contributed by atoms with Gasteiger partial charge in [0.2, 0.25) is 0 Å². The van der Waals surface area contributed by atoms with E-state index in [0.717, 1.165) is 11.1 Å². The largest absolute Gasteiger partial charge is 0.463 e. The second kappa shape index (κ2) is 7.24. The number of benzene rings is 1. The third-order valence-corrected chi connectivity index (χ3v) is 2.82. The molecule has 3 nitrogen and oxygen atoms in total. The lowest BCUT2D eigenvalue weighted by atomic mass is 10.0. The van der Waals surface area contributed by atoms with Gasteiger partial charge in [0.1, 0.15) is 0 Å². The molecule has 1 aromatic carbocycles. The molecule has 0 aliphatic carbocycles. The molecule has 2 rings (SSSR count). The predicted octanol–water partition coefficient (Wildman–Crippen LogP) is 3.27. The molecule has 1 heterocycles. The quantitative estimate of drug-likeness (QED) is 0.616. The highest BCUT2D eigenvalue weighted by Crippen LogP contribution is 2.14. The van der Waals surface area contributed by atoms with Crippen molar-refractivity contribution in [2.75, 3.05) is 6.61 Å². The lowest BCUT2D eigenvalue weighted by Gasteiger charge is -2.07. The van der Waals surface area contributed by atoms with Crippen molar-refractivity contribution in [2.45, 2.75) is 13.3 Å². The number of carbonyl (C=O) groups excluding carboxylic acids is 1. The van der Waals surface area contributed by atoms with Crippen LogP contribution in [0.2, 0.25) is 0 Å². The van der Waals surface area contributed by atoms with Crippen LogP contribution in [0, 0.1) is 0 Å². The van der Waals surface area contributed by atoms with Crippen LogP contribution in [0.3, 0.4) is 0 Å². The zero-order valence-corrected chi connectivity index (χ0v) is 11.5. The van der Waals surface area contributed by atoms with Gasteiger partial charge in [0.15, 0.2) is 0 Å². The molecule has 20 heavy (non-hydrogen) atoms. The number of carbonyl (C=O) groups is 1. The van der Waals surface area contributed by atoms with Gasteiger partial charge >= 0.3 is 5.97 Å². The first-order valence-electron chi connectivity index (χ1n) is 6.61. The maximum absolute atomic E-state index is 12.0. The first kappa shape index (κ1) is 14.0. The fourth-order valence-electron chi connectivity index (χ4n) is 1.88. The molecule has 0 N–H and O–H groups in total. The molecule has 0 fully saturated rings. The fourth-order valence-corrected chi connectivity index (χ4v) is 1.88. The van der Waals surface area contributed by atoms with Crippen LogP contribution in [-0.4, -0.2) is 17.6 Å². The summed E-state index contributed by atoms with van der Waals surface area (Å²) in [6.07, 6.45) is 5.86.